The number of carboxylic acid groups (broad SMARTS) is 1. The van der Waals surface area contributed by atoms with Crippen LogP contribution in [0.4, 0.5) is 0 Å². The summed E-state index contributed by atoms with van der Waals surface area (Å²) in [6.45, 7) is 2.85. The predicted octanol–water partition coefficient (Wildman–Crippen LogP) is 4.95. The van der Waals surface area contributed by atoms with E-state index in [1.807, 2.05) is 37.0 Å². The number of thioether (sulfide) groups is 1. The van der Waals surface area contributed by atoms with Gasteiger partial charge < -0.3 is 20.1 Å². The molecule has 1 fully saturated rings. The van der Waals surface area contributed by atoms with Gasteiger partial charge in [-0.05, 0) is 74.5 Å². The van der Waals surface area contributed by atoms with Gasteiger partial charge in [-0.2, -0.15) is 0 Å². The molecule has 0 unspecified atom stereocenters. The van der Waals surface area contributed by atoms with Gasteiger partial charge in [0.1, 0.15) is 10.1 Å². The van der Waals surface area contributed by atoms with Crippen molar-refractivity contribution in [3.8, 4) is 5.75 Å². The van der Waals surface area contributed by atoms with Crippen molar-refractivity contribution in [2.45, 2.75) is 36.1 Å². The van der Waals surface area contributed by atoms with Crippen molar-refractivity contribution in [2.24, 2.45) is 11.8 Å². The number of piperidine rings is 1. The van der Waals surface area contributed by atoms with Gasteiger partial charge in [0.05, 0.1) is 12.6 Å². The summed E-state index contributed by atoms with van der Waals surface area (Å²) in [7, 11) is 3.67. The van der Waals surface area contributed by atoms with Gasteiger partial charge in [0.25, 0.3) is 0 Å². The van der Waals surface area contributed by atoms with Crippen LogP contribution in [-0.2, 0) is 4.79 Å². The lowest BCUT2D eigenvalue weighted by molar-refractivity contribution is -0.139. The van der Waals surface area contributed by atoms with Gasteiger partial charge in [-0.15, -0.1) is 11.3 Å². The number of nitrogens with one attached hydrogen (secondary N) is 1. The number of thiazole rings is 1. The average molecular weight is 515 g/mol. The topological polar surface area (TPSA) is 87.6 Å². The molecule has 1 saturated heterocycles. The fraction of sp³-hybridized carbons (Fsp3) is 0.500. The van der Waals surface area contributed by atoms with Gasteiger partial charge in [0, 0.05) is 54.5 Å². The predicted molar refractivity (Wildman–Crippen MR) is 142 cm³/mol. The summed E-state index contributed by atoms with van der Waals surface area (Å²) in [5.74, 6) is 1.70. The van der Waals surface area contributed by atoms with Crippen molar-refractivity contribution in [2.75, 3.05) is 39.5 Å². The Bertz CT molecular complexity index is 1100. The number of carbonyl (C=O) groups is 1. The number of hydrogen-bond donors (Lipinski definition) is 2. The molecular weight excluding hydrogens is 480 g/mol. The van der Waals surface area contributed by atoms with E-state index in [9.17, 15) is 9.90 Å². The third-order valence-corrected chi connectivity index (χ3v) is 8.93. The van der Waals surface area contributed by atoms with Crippen LogP contribution in [0.1, 0.15) is 37.3 Å². The number of pyridine rings is 1. The van der Waals surface area contributed by atoms with E-state index in [1.165, 1.54) is 5.56 Å². The summed E-state index contributed by atoms with van der Waals surface area (Å²) < 4.78 is 6.54. The van der Waals surface area contributed by atoms with Crippen LogP contribution in [0.3, 0.4) is 0 Å². The minimum absolute atomic E-state index is 0.172. The van der Waals surface area contributed by atoms with Crippen LogP contribution in [0.2, 0.25) is 0 Å². The lowest BCUT2D eigenvalue weighted by Crippen LogP contribution is -2.42. The highest BCUT2D eigenvalue weighted by molar-refractivity contribution is 8.01. The van der Waals surface area contributed by atoms with E-state index < -0.39 is 5.97 Å². The Balaban J connectivity index is 1.39. The van der Waals surface area contributed by atoms with Gasteiger partial charge in [0.2, 0.25) is 0 Å². The maximum Gasteiger partial charge on any atom is 0.303 e. The summed E-state index contributed by atoms with van der Waals surface area (Å²) >= 11 is 3.45. The molecule has 35 heavy (non-hydrogen) atoms. The Morgan fingerprint density at radius 3 is 2.94 bits per heavy atom. The van der Waals surface area contributed by atoms with E-state index in [2.05, 4.69) is 32.3 Å². The molecule has 4 rings (SSSR count). The molecule has 0 radical (unpaired) electrons. The summed E-state index contributed by atoms with van der Waals surface area (Å²) in [5.41, 5.74) is 2.17. The number of benzene rings is 1. The molecule has 2 aromatic heterocycles. The van der Waals surface area contributed by atoms with Gasteiger partial charge in [-0.1, -0.05) is 11.8 Å². The zero-order chi connectivity index (χ0) is 24.6. The molecule has 0 aliphatic carbocycles. The molecule has 1 aromatic carbocycles. The number of rotatable bonds is 12. The molecule has 3 aromatic rings. The lowest BCUT2D eigenvalue weighted by atomic mass is 9.79. The van der Waals surface area contributed by atoms with E-state index in [-0.39, 0.29) is 18.4 Å². The van der Waals surface area contributed by atoms with Crippen molar-refractivity contribution < 1.29 is 14.6 Å². The second-order valence-electron chi connectivity index (χ2n) is 9.06. The molecule has 2 N–H and O–H groups in total. The summed E-state index contributed by atoms with van der Waals surface area (Å²) in [6, 6.07) is 8.24. The normalized spacial score (nSPS) is 19.6. The molecule has 0 bridgehead atoms. The summed E-state index contributed by atoms with van der Waals surface area (Å²) in [5, 5.41) is 16.2. The van der Waals surface area contributed by atoms with Crippen molar-refractivity contribution in [1.82, 2.24) is 20.2 Å². The number of aliphatic carboxylic acids is 1. The maximum absolute atomic E-state index is 11.7. The first-order valence-electron chi connectivity index (χ1n) is 12.1. The highest BCUT2D eigenvalue weighted by atomic mass is 32.2. The van der Waals surface area contributed by atoms with Crippen LogP contribution >= 0.6 is 23.1 Å². The average Bonchev–Trinajstić information content (AvgIpc) is 3.38. The van der Waals surface area contributed by atoms with Gasteiger partial charge in [-0.3, -0.25) is 9.78 Å². The van der Waals surface area contributed by atoms with E-state index in [0.29, 0.717) is 5.92 Å². The summed E-state index contributed by atoms with van der Waals surface area (Å²) in [6.07, 6.45) is 6.93. The van der Waals surface area contributed by atoms with Crippen LogP contribution in [-0.4, -0.2) is 65.5 Å². The number of carboxylic acids is 1. The van der Waals surface area contributed by atoms with Crippen LogP contribution in [0.15, 0.2) is 46.4 Å². The fourth-order valence-electron chi connectivity index (χ4n) is 5.15. The highest BCUT2D eigenvalue weighted by Crippen LogP contribution is 2.35. The quantitative estimate of drug-likeness (QED) is 0.329. The first kappa shape index (κ1) is 25.9. The number of likely N-dealkylation sites (tertiary alicyclic amines) is 1. The van der Waals surface area contributed by atoms with Crippen molar-refractivity contribution in [3.05, 3.63) is 47.6 Å². The molecule has 3 heterocycles. The van der Waals surface area contributed by atoms with Crippen LogP contribution in [0.25, 0.3) is 10.9 Å². The molecular formula is C26H34N4O3S2. The SMILES string of the molecule is CN[C@@H](CC[C@@H]1CCN(CCSc2nccs2)C[C@@H]1CC(=O)O)c1ccnc2ccc(OC)cc12. The second kappa shape index (κ2) is 12.7. The van der Waals surface area contributed by atoms with Gasteiger partial charge in [-0.25, -0.2) is 4.98 Å². The summed E-state index contributed by atoms with van der Waals surface area (Å²) in [4.78, 5) is 22.9. The van der Waals surface area contributed by atoms with Crippen molar-refractivity contribution in [1.29, 1.82) is 0 Å². The van der Waals surface area contributed by atoms with Gasteiger partial charge in [0.15, 0.2) is 0 Å². The van der Waals surface area contributed by atoms with Gasteiger partial charge >= 0.3 is 5.97 Å². The first-order valence-corrected chi connectivity index (χ1v) is 14.0. The standard InChI is InChI=1S/C26H34N4O3S2/c1-27-23(21-7-9-28-24-6-4-20(33-2)16-22(21)24)5-3-18-8-11-30(17-19(18)15-25(31)32)12-14-35-26-29-10-13-34-26/h4,6-7,9-10,13,16,18-19,23,27H,3,5,8,11-12,14-15,17H2,1-2H3,(H,31,32)/t18-,19+,23+/m1/s1. The van der Waals surface area contributed by atoms with E-state index in [4.69, 9.17) is 4.74 Å². The maximum atomic E-state index is 11.7. The minimum atomic E-state index is -0.698. The van der Waals surface area contributed by atoms with E-state index in [1.54, 1.807) is 30.2 Å². The monoisotopic (exact) mass is 514 g/mol. The van der Waals surface area contributed by atoms with E-state index in [0.717, 1.165) is 65.6 Å². The zero-order valence-corrected chi connectivity index (χ0v) is 22.0. The molecule has 7 nitrogen and oxygen atoms in total. The molecule has 188 valence electrons. The lowest BCUT2D eigenvalue weighted by Gasteiger charge is -2.38. The number of aromatic nitrogens is 2. The Hall–Kier alpha value is -2.20. The first-order chi connectivity index (χ1) is 17.1. The Labute approximate surface area is 215 Å². The third-order valence-electron chi connectivity index (χ3n) is 6.99. The van der Waals surface area contributed by atoms with E-state index >= 15 is 0 Å². The minimum Gasteiger partial charge on any atom is -0.497 e. The highest BCUT2D eigenvalue weighted by Gasteiger charge is 2.31. The number of ether oxygens (including phenoxy) is 1. The number of fused-ring (bicyclic) bond motifs is 1. The van der Waals surface area contributed by atoms with Crippen LogP contribution in [0, 0.1) is 11.8 Å². The molecule has 3 atom stereocenters. The smallest absolute Gasteiger partial charge is 0.303 e. The Morgan fingerprint density at radius 1 is 1.31 bits per heavy atom. The van der Waals surface area contributed by atoms with Crippen LogP contribution in [0.5, 0.6) is 5.75 Å². The zero-order valence-electron chi connectivity index (χ0n) is 20.4. The largest absolute Gasteiger partial charge is 0.497 e. The molecule has 0 saturated carbocycles. The number of nitrogens with zero attached hydrogens (tertiary/aromatic N) is 3. The third kappa shape index (κ3) is 6.94. The molecule has 9 heteroatoms. The number of methoxy groups -OCH3 is 1. The van der Waals surface area contributed by atoms with Crippen molar-refractivity contribution >= 4 is 40.0 Å². The fourth-order valence-corrected chi connectivity index (χ4v) is 6.86. The second-order valence-corrected chi connectivity index (χ2v) is 11.3. The molecule has 1 aliphatic rings. The Kier molecular flexibility index (Phi) is 9.37. The molecule has 0 spiro atoms. The molecule has 1 aliphatic heterocycles. The molecule has 0 amide bonds. The van der Waals surface area contributed by atoms with Crippen LogP contribution < -0.4 is 10.1 Å². The number of hydrogen-bond acceptors (Lipinski definition) is 8. The van der Waals surface area contributed by atoms with Crippen molar-refractivity contribution in [3.63, 3.8) is 0 Å². The Morgan fingerprint density at radius 2 is 2.20 bits per heavy atom.